The zero-order valence-electron chi connectivity index (χ0n) is 12.6. The van der Waals surface area contributed by atoms with Crippen molar-refractivity contribution < 1.29 is 10.1 Å². The number of hydrogen-bond acceptors (Lipinski definition) is 2. The van der Waals surface area contributed by atoms with E-state index >= 15 is 0 Å². The quantitative estimate of drug-likeness (QED) is 0.591. The van der Waals surface area contributed by atoms with Gasteiger partial charge in [-0.05, 0) is 23.0 Å². The van der Waals surface area contributed by atoms with Crippen LogP contribution >= 0.6 is 0 Å². The van der Waals surface area contributed by atoms with Crippen molar-refractivity contribution in [3.63, 3.8) is 0 Å². The fourth-order valence-electron chi connectivity index (χ4n) is 2.57. The Morgan fingerprint density at radius 2 is 1.30 bits per heavy atom. The fourth-order valence-corrected chi connectivity index (χ4v) is 2.57. The average Bonchev–Trinajstić information content (AvgIpc) is 2.46. The molecular weight excluding hydrogens is 248 g/mol. The van der Waals surface area contributed by atoms with Gasteiger partial charge in [-0.2, -0.15) is 0 Å². The Bertz CT molecular complexity index is 586. The molecule has 0 saturated carbocycles. The van der Waals surface area contributed by atoms with Gasteiger partial charge in [-0.3, -0.25) is 0 Å². The van der Waals surface area contributed by atoms with E-state index in [1.165, 1.54) is 5.56 Å². The van der Waals surface area contributed by atoms with Crippen LogP contribution in [0.25, 0.3) is 11.1 Å². The summed E-state index contributed by atoms with van der Waals surface area (Å²) in [4.78, 5) is 4.73. The summed E-state index contributed by atoms with van der Waals surface area (Å²) in [5.41, 5.74) is 4.34. The molecule has 2 aromatic rings. The standard InChI is InChI=1S/C18H22O2/c1-12(2)14-8-5-6-9-16(14)17-11-7-10-15(13(3)4)18(17)20-19/h5-13,19H,1-4H3. The predicted octanol–water partition coefficient (Wildman–Crippen LogP) is 5.45. The van der Waals surface area contributed by atoms with Gasteiger partial charge < -0.3 is 4.89 Å². The highest BCUT2D eigenvalue weighted by atomic mass is 17.1. The van der Waals surface area contributed by atoms with E-state index in [1.54, 1.807) is 0 Å². The first-order valence-electron chi connectivity index (χ1n) is 7.09. The lowest BCUT2D eigenvalue weighted by atomic mass is 9.89. The monoisotopic (exact) mass is 270 g/mol. The second kappa shape index (κ2) is 6.10. The largest absolute Gasteiger partial charge is 0.339 e. The number of benzene rings is 2. The van der Waals surface area contributed by atoms with E-state index in [9.17, 15) is 5.26 Å². The van der Waals surface area contributed by atoms with Crippen molar-refractivity contribution in [3.8, 4) is 16.9 Å². The molecule has 0 radical (unpaired) electrons. The lowest BCUT2D eigenvalue weighted by Gasteiger charge is -2.18. The molecule has 2 rings (SSSR count). The van der Waals surface area contributed by atoms with E-state index in [-0.39, 0.29) is 0 Å². The smallest absolute Gasteiger partial charge is 0.176 e. The minimum atomic E-state index is 0.295. The predicted molar refractivity (Wildman–Crippen MR) is 83.3 cm³/mol. The molecule has 1 N–H and O–H groups in total. The summed E-state index contributed by atoms with van der Waals surface area (Å²) >= 11 is 0. The first-order valence-corrected chi connectivity index (χ1v) is 7.09. The molecule has 0 saturated heterocycles. The van der Waals surface area contributed by atoms with Crippen molar-refractivity contribution in [2.45, 2.75) is 39.5 Å². The summed E-state index contributed by atoms with van der Waals surface area (Å²) in [6.07, 6.45) is 0. The minimum Gasteiger partial charge on any atom is -0.339 e. The normalized spacial score (nSPS) is 11.2. The molecule has 0 unspecified atom stereocenters. The molecule has 0 atom stereocenters. The molecule has 0 bridgehead atoms. The molecule has 2 heteroatoms. The molecule has 2 nitrogen and oxygen atoms in total. The molecule has 0 aliphatic carbocycles. The summed E-state index contributed by atoms with van der Waals surface area (Å²) in [5.74, 6) is 1.28. The highest BCUT2D eigenvalue weighted by Crippen LogP contribution is 2.39. The maximum absolute atomic E-state index is 9.34. The zero-order valence-corrected chi connectivity index (χ0v) is 12.6. The maximum Gasteiger partial charge on any atom is 0.176 e. The zero-order chi connectivity index (χ0) is 14.7. The first kappa shape index (κ1) is 14.6. The summed E-state index contributed by atoms with van der Waals surface area (Å²) in [6.45, 7) is 8.53. The topological polar surface area (TPSA) is 29.5 Å². The van der Waals surface area contributed by atoms with Gasteiger partial charge in [0.05, 0.1) is 0 Å². The molecule has 0 amide bonds. The Balaban J connectivity index is 2.67. The maximum atomic E-state index is 9.34. The van der Waals surface area contributed by atoms with Gasteiger partial charge in [-0.15, -0.1) is 0 Å². The van der Waals surface area contributed by atoms with Crippen molar-refractivity contribution in [3.05, 3.63) is 53.6 Å². The Morgan fingerprint density at radius 1 is 0.750 bits per heavy atom. The van der Waals surface area contributed by atoms with Crippen molar-refractivity contribution >= 4 is 0 Å². The van der Waals surface area contributed by atoms with Crippen LogP contribution in [0, 0.1) is 0 Å². The van der Waals surface area contributed by atoms with Gasteiger partial charge in [0, 0.05) is 11.1 Å². The summed E-state index contributed by atoms with van der Waals surface area (Å²) in [5, 5.41) is 9.34. The summed E-state index contributed by atoms with van der Waals surface area (Å²) < 4.78 is 0. The van der Waals surface area contributed by atoms with Crippen LogP contribution in [0.2, 0.25) is 0 Å². The van der Waals surface area contributed by atoms with Gasteiger partial charge in [0.25, 0.3) is 0 Å². The van der Waals surface area contributed by atoms with Crippen LogP contribution in [-0.2, 0) is 0 Å². The van der Waals surface area contributed by atoms with Crippen molar-refractivity contribution in [2.24, 2.45) is 0 Å². The minimum absolute atomic E-state index is 0.295. The van der Waals surface area contributed by atoms with E-state index < -0.39 is 0 Å². The summed E-state index contributed by atoms with van der Waals surface area (Å²) in [7, 11) is 0. The van der Waals surface area contributed by atoms with Gasteiger partial charge >= 0.3 is 0 Å². The first-order chi connectivity index (χ1) is 9.56. The van der Waals surface area contributed by atoms with E-state index in [0.29, 0.717) is 17.6 Å². The molecule has 0 spiro atoms. The Morgan fingerprint density at radius 3 is 1.90 bits per heavy atom. The van der Waals surface area contributed by atoms with Crippen LogP contribution in [0.3, 0.4) is 0 Å². The lowest BCUT2D eigenvalue weighted by molar-refractivity contribution is -0.137. The number of para-hydroxylation sites is 1. The third kappa shape index (κ3) is 2.70. The second-order valence-corrected chi connectivity index (χ2v) is 5.71. The van der Waals surface area contributed by atoms with Gasteiger partial charge in [0.1, 0.15) is 0 Å². The van der Waals surface area contributed by atoms with Crippen molar-refractivity contribution in [2.75, 3.05) is 0 Å². The number of hydrogen-bond donors (Lipinski definition) is 1. The molecule has 0 aliphatic heterocycles. The number of rotatable bonds is 4. The Kier molecular flexibility index (Phi) is 4.46. The van der Waals surface area contributed by atoms with E-state index in [4.69, 9.17) is 4.89 Å². The molecule has 2 aromatic carbocycles. The van der Waals surface area contributed by atoms with Crippen LogP contribution in [0.5, 0.6) is 5.75 Å². The van der Waals surface area contributed by atoms with Crippen molar-refractivity contribution in [1.82, 2.24) is 0 Å². The molecule has 0 aromatic heterocycles. The Hall–Kier alpha value is -1.80. The fraction of sp³-hybridized carbons (Fsp3) is 0.333. The van der Waals surface area contributed by atoms with Gasteiger partial charge in [-0.1, -0.05) is 70.2 Å². The molecule has 106 valence electrons. The second-order valence-electron chi connectivity index (χ2n) is 5.71. The molecule has 0 fully saturated rings. The molecule has 20 heavy (non-hydrogen) atoms. The van der Waals surface area contributed by atoms with Gasteiger partial charge in [0.2, 0.25) is 0 Å². The van der Waals surface area contributed by atoms with E-state index in [1.807, 2.05) is 30.3 Å². The third-order valence-corrected chi connectivity index (χ3v) is 3.63. The van der Waals surface area contributed by atoms with E-state index in [2.05, 4.69) is 39.8 Å². The van der Waals surface area contributed by atoms with Crippen molar-refractivity contribution in [1.29, 1.82) is 0 Å². The van der Waals surface area contributed by atoms with Crippen LogP contribution in [0.4, 0.5) is 0 Å². The molecule has 0 aliphatic rings. The SMILES string of the molecule is CC(C)c1ccccc1-c1cccc(C(C)C)c1OO. The van der Waals surface area contributed by atoms with Gasteiger partial charge in [-0.25, -0.2) is 5.26 Å². The summed E-state index contributed by atoms with van der Waals surface area (Å²) in [6, 6.07) is 14.3. The van der Waals surface area contributed by atoms with Crippen LogP contribution in [-0.4, -0.2) is 5.26 Å². The van der Waals surface area contributed by atoms with Gasteiger partial charge in [0.15, 0.2) is 5.75 Å². The molecular formula is C18H22O2. The third-order valence-electron chi connectivity index (χ3n) is 3.63. The molecule has 0 heterocycles. The Labute approximate surface area is 121 Å². The average molecular weight is 270 g/mol. The highest BCUT2D eigenvalue weighted by Gasteiger charge is 2.17. The van der Waals surface area contributed by atoms with Crippen LogP contribution < -0.4 is 4.89 Å². The van der Waals surface area contributed by atoms with E-state index in [0.717, 1.165) is 16.7 Å². The van der Waals surface area contributed by atoms with Crippen LogP contribution in [0.15, 0.2) is 42.5 Å². The highest BCUT2D eigenvalue weighted by molar-refractivity contribution is 5.75. The van der Waals surface area contributed by atoms with Crippen LogP contribution in [0.1, 0.15) is 50.7 Å². The lowest BCUT2D eigenvalue weighted by Crippen LogP contribution is -1.99.